The quantitative estimate of drug-likeness (QED) is 0.864. The standard InChI is InChI=1S/C18H21NO2/c1-12-5-7-16(8-6-12)19-17(18(20)21-4)15-10-13(2)9-14(3)11-15/h5-11,17,19H,1-4H3. The minimum Gasteiger partial charge on any atom is -0.467 e. The molecule has 3 heteroatoms. The van der Waals surface area contributed by atoms with Gasteiger partial charge in [0, 0.05) is 5.69 Å². The first-order valence-electron chi connectivity index (χ1n) is 6.99. The van der Waals surface area contributed by atoms with Crippen molar-refractivity contribution in [3.05, 3.63) is 64.7 Å². The van der Waals surface area contributed by atoms with Gasteiger partial charge in [0.25, 0.3) is 0 Å². The highest BCUT2D eigenvalue weighted by molar-refractivity contribution is 5.81. The van der Waals surface area contributed by atoms with E-state index in [9.17, 15) is 4.79 Å². The third kappa shape index (κ3) is 3.85. The topological polar surface area (TPSA) is 38.3 Å². The summed E-state index contributed by atoms with van der Waals surface area (Å²) < 4.78 is 4.94. The normalized spacial score (nSPS) is 11.8. The Hall–Kier alpha value is -2.29. The molecule has 3 nitrogen and oxygen atoms in total. The van der Waals surface area contributed by atoms with Crippen molar-refractivity contribution in [1.82, 2.24) is 0 Å². The van der Waals surface area contributed by atoms with E-state index in [1.807, 2.05) is 57.2 Å². The summed E-state index contributed by atoms with van der Waals surface area (Å²) in [6, 6.07) is 13.6. The molecule has 0 spiro atoms. The van der Waals surface area contributed by atoms with Gasteiger partial charge in [-0.1, -0.05) is 47.0 Å². The van der Waals surface area contributed by atoms with E-state index in [4.69, 9.17) is 4.74 Å². The molecule has 0 fully saturated rings. The Balaban J connectivity index is 2.34. The van der Waals surface area contributed by atoms with Crippen molar-refractivity contribution < 1.29 is 9.53 Å². The second-order valence-electron chi connectivity index (χ2n) is 5.39. The van der Waals surface area contributed by atoms with Gasteiger partial charge in [-0.2, -0.15) is 0 Å². The molecule has 1 N–H and O–H groups in total. The number of ether oxygens (including phenoxy) is 1. The molecule has 0 aliphatic carbocycles. The third-order valence-corrected chi connectivity index (χ3v) is 3.38. The molecule has 2 rings (SSSR count). The summed E-state index contributed by atoms with van der Waals surface area (Å²) in [4.78, 5) is 12.1. The van der Waals surface area contributed by atoms with Crippen molar-refractivity contribution in [2.75, 3.05) is 12.4 Å². The molecule has 0 aromatic heterocycles. The van der Waals surface area contributed by atoms with Gasteiger partial charge in [0.05, 0.1) is 7.11 Å². The Morgan fingerprint density at radius 3 is 2.05 bits per heavy atom. The van der Waals surface area contributed by atoms with Gasteiger partial charge in [-0.15, -0.1) is 0 Å². The van der Waals surface area contributed by atoms with Crippen LogP contribution in [0.2, 0.25) is 0 Å². The van der Waals surface area contributed by atoms with Gasteiger partial charge >= 0.3 is 5.97 Å². The zero-order valence-corrected chi connectivity index (χ0v) is 12.9. The van der Waals surface area contributed by atoms with E-state index >= 15 is 0 Å². The zero-order valence-electron chi connectivity index (χ0n) is 12.9. The number of methoxy groups -OCH3 is 1. The number of rotatable bonds is 4. The van der Waals surface area contributed by atoms with Crippen LogP contribution in [0.5, 0.6) is 0 Å². The van der Waals surface area contributed by atoms with Crippen LogP contribution in [0.25, 0.3) is 0 Å². The van der Waals surface area contributed by atoms with Crippen LogP contribution >= 0.6 is 0 Å². The first-order valence-corrected chi connectivity index (χ1v) is 6.99. The van der Waals surface area contributed by atoms with Crippen molar-refractivity contribution in [2.24, 2.45) is 0 Å². The molecule has 0 heterocycles. The first kappa shape index (κ1) is 15.1. The average Bonchev–Trinajstić information content (AvgIpc) is 2.44. The number of carbonyl (C=O) groups is 1. The molecular formula is C18H21NO2. The molecule has 2 aromatic carbocycles. The Morgan fingerprint density at radius 2 is 1.52 bits per heavy atom. The van der Waals surface area contributed by atoms with Crippen molar-refractivity contribution in [1.29, 1.82) is 0 Å². The van der Waals surface area contributed by atoms with E-state index in [1.165, 1.54) is 12.7 Å². The average molecular weight is 283 g/mol. The van der Waals surface area contributed by atoms with Crippen LogP contribution in [-0.2, 0) is 9.53 Å². The summed E-state index contributed by atoms with van der Waals surface area (Å²) in [5.41, 5.74) is 5.26. The molecular weight excluding hydrogens is 262 g/mol. The summed E-state index contributed by atoms with van der Waals surface area (Å²) in [6.07, 6.45) is 0. The van der Waals surface area contributed by atoms with Crippen LogP contribution in [0, 0.1) is 20.8 Å². The van der Waals surface area contributed by atoms with Gasteiger partial charge in [-0.3, -0.25) is 0 Å². The van der Waals surface area contributed by atoms with Crippen LogP contribution in [-0.4, -0.2) is 13.1 Å². The minimum absolute atomic E-state index is 0.291. The van der Waals surface area contributed by atoms with Gasteiger partial charge in [-0.25, -0.2) is 4.79 Å². The highest BCUT2D eigenvalue weighted by Crippen LogP contribution is 2.23. The van der Waals surface area contributed by atoms with Crippen molar-refractivity contribution in [3.63, 3.8) is 0 Å². The number of benzene rings is 2. The first-order chi connectivity index (χ1) is 9.99. The molecule has 0 aliphatic heterocycles. The zero-order chi connectivity index (χ0) is 15.4. The van der Waals surface area contributed by atoms with Gasteiger partial charge in [0.2, 0.25) is 0 Å². The Bertz CT molecular complexity index is 612. The maximum absolute atomic E-state index is 12.1. The summed E-state index contributed by atoms with van der Waals surface area (Å²) in [5.74, 6) is -0.291. The van der Waals surface area contributed by atoms with Gasteiger partial charge in [-0.05, 0) is 38.5 Å². The number of nitrogens with one attached hydrogen (secondary N) is 1. The lowest BCUT2D eigenvalue weighted by atomic mass is 10.0. The molecule has 0 saturated heterocycles. The van der Waals surface area contributed by atoms with Gasteiger partial charge in [0.15, 0.2) is 6.04 Å². The van der Waals surface area contributed by atoms with Crippen molar-refractivity contribution >= 4 is 11.7 Å². The van der Waals surface area contributed by atoms with E-state index in [0.717, 1.165) is 22.4 Å². The largest absolute Gasteiger partial charge is 0.467 e. The lowest BCUT2D eigenvalue weighted by Gasteiger charge is -2.19. The molecule has 0 bridgehead atoms. The molecule has 110 valence electrons. The van der Waals surface area contributed by atoms with Crippen LogP contribution < -0.4 is 5.32 Å². The molecule has 21 heavy (non-hydrogen) atoms. The lowest BCUT2D eigenvalue weighted by molar-refractivity contribution is -0.141. The number of hydrogen-bond acceptors (Lipinski definition) is 3. The van der Waals surface area contributed by atoms with E-state index in [0.29, 0.717) is 0 Å². The summed E-state index contributed by atoms with van der Waals surface area (Å²) >= 11 is 0. The fourth-order valence-electron chi connectivity index (χ4n) is 2.39. The van der Waals surface area contributed by atoms with Crippen LogP contribution in [0.15, 0.2) is 42.5 Å². The fraction of sp³-hybridized carbons (Fsp3) is 0.278. The van der Waals surface area contributed by atoms with Gasteiger partial charge < -0.3 is 10.1 Å². The van der Waals surface area contributed by atoms with Crippen molar-refractivity contribution in [3.8, 4) is 0 Å². The van der Waals surface area contributed by atoms with E-state index in [1.54, 1.807) is 0 Å². The molecule has 0 radical (unpaired) electrons. The molecule has 1 unspecified atom stereocenters. The number of aryl methyl sites for hydroxylation is 3. The molecule has 0 saturated carbocycles. The SMILES string of the molecule is COC(=O)C(Nc1ccc(C)cc1)c1cc(C)cc(C)c1. The van der Waals surface area contributed by atoms with E-state index in [-0.39, 0.29) is 5.97 Å². The minimum atomic E-state index is -0.503. The Labute approximate surface area is 126 Å². The Kier molecular flexibility index (Phi) is 4.63. The summed E-state index contributed by atoms with van der Waals surface area (Å²) in [6.45, 7) is 6.08. The van der Waals surface area contributed by atoms with Gasteiger partial charge in [0.1, 0.15) is 0 Å². The second kappa shape index (κ2) is 6.44. The van der Waals surface area contributed by atoms with E-state index < -0.39 is 6.04 Å². The maximum Gasteiger partial charge on any atom is 0.332 e. The highest BCUT2D eigenvalue weighted by Gasteiger charge is 2.21. The van der Waals surface area contributed by atoms with Crippen LogP contribution in [0.3, 0.4) is 0 Å². The number of anilines is 1. The smallest absolute Gasteiger partial charge is 0.332 e. The maximum atomic E-state index is 12.1. The third-order valence-electron chi connectivity index (χ3n) is 3.38. The van der Waals surface area contributed by atoms with E-state index in [2.05, 4.69) is 11.4 Å². The highest BCUT2D eigenvalue weighted by atomic mass is 16.5. The second-order valence-corrected chi connectivity index (χ2v) is 5.39. The van der Waals surface area contributed by atoms with Crippen LogP contribution in [0.1, 0.15) is 28.3 Å². The lowest BCUT2D eigenvalue weighted by Crippen LogP contribution is -2.22. The summed E-state index contributed by atoms with van der Waals surface area (Å²) in [5, 5.41) is 3.25. The molecule has 0 aliphatic rings. The monoisotopic (exact) mass is 283 g/mol. The number of hydrogen-bond donors (Lipinski definition) is 1. The summed E-state index contributed by atoms with van der Waals surface area (Å²) in [7, 11) is 1.41. The Morgan fingerprint density at radius 1 is 0.952 bits per heavy atom. The fourth-order valence-corrected chi connectivity index (χ4v) is 2.39. The molecule has 0 amide bonds. The molecule has 2 aromatic rings. The van der Waals surface area contributed by atoms with Crippen molar-refractivity contribution in [2.45, 2.75) is 26.8 Å². The number of carbonyl (C=O) groups excluding carboxylic acids is 1. The predicted octanol–water partition coefficient (Wildman–Crippen LogP) is 3.94. The molecule has 1 atom stereocenters. The predicted molar refractivity (Wildman–Crippen MR) is 85.5 cm³/mol. The number of esters is 1. The van der Waals surface area contributed by atoms with Crippen LogP contribution in [0.4, 0.5) is 5.69 Å².